The number of carbonyl (C=O) groups excluding carboxylic acids is 2. The summed E-state index contributed by atoms with van der Waals surface area (Å²) in [6, 6.07) is 16.5. The Labute approximate surface area is 332 Å². The fourth-order valence-corrected chi connectivity index (χ4v) is 7.23. The molecule has 6 nitrogen and oxygen atoms in total. The summed E-state index contributed by atoms with van der Waals surface area (Å²) in [6.07, 6.45) is 23.4. The summed E-state index contributed by atoms with van der Waals surface area (Å²) >= 11 is 0. The van der Waals surface area contributed by atoms with Crippen molar-refractivity contribution in [2.45, 2.75) is 169 Å². The van der Waals surface area contributed by atoms with Crippen molar-refractivity contribution in [2.75, 3.05) is 52.5 Å². The van der Waals surface area contributed by atoms with E-state index in [0.717, 1.165) is 74.4 Å². The monoisotopic (exact) mass is 749 g/mol. The van der Waals surface area contributed by atoms with Crippen molar-refractivity contribution in [3.05, 3.63) is 59.7 Å². The number of Topliss-reactive ketones (excluding diaryl/α,β-unsaturated/α-hetero) is 2. The van der Waals surface area contributed by atoms with Crippen molar-refractivity contribution in [3.8, 4) is 11.1 Å². The Morgan fingerprint density at radius 3 is 1.07 bits per heavy atom. The number of carbonyl (C=O) groups is 2. The highest BCUT2D eigenvalue weighted by atomic mass is 16.5. The molecule has 0 amide bonds. The predicted molar refractivity (Wildman–Crippen MR) is 229 cm³/mol. The van der Waals surface area contributed by atoms with Crippen molar-refractivity contribution in [3.63, 3.8) is 0 Å². The molecule has 0 radical (unpaired) electrons. The van der Waals surface area contributed by atoms with Gasteiger partial charge in [-0.2, -0.15) is 0 Å². The standard InChI is InChI=1S/C48H80N2O4/c1-5-9-13-21-33-49(34-22-14-10-6-2)37-25-29-45(51)41-53-39-43-27-17-19-31-47(43)48-32-20-18-28-44(48)40-54-42-46(52)30-26-38-50(35-23-15-11-7-3)36-24-16-12-8-4/h17-20,27-28,31-32H,5-16,21-26,29-30,33-42H2,1-4H3. The minimum Gasteiger partial charge on any atom is -0.369 e. The molecule has 0 saturated heterocycles. The molecule has 0 fully saturated rings. The molecule has 2 aromatic rings. The molecule has 0 heterocycles. The largest absolute Gasteiger partial charge is 0.369 e. The Morgan fingerprint density at radius 1 is 0.426 bits per heavy atom. The molecular formula is C48H80N2O4. The maximum absolute atomic E-state index is 12.8. The second-order valence-corrected chi connectivity index (χ2v) is 15.5. The van der Waals surface area contributed by atoms with Crippen LogP contribution in [0.4, 0.5) is 0 Å². The third-order valence-electron chi connectivity index (χ3n) is 10.5. The first kappa shape index (κ1) is 47.8. The van der Waals surface area contributed by atoms with Gasteiger partial charge in [0.25, 0.3) is 0 Å². The lowest BCUT2D eigenvalue weighted by Gasteiger charge is -2.22. The second kappa shape index (κ2) is 32.8. The molecule has 0 spiro atoms. The van der Waals surface area contributed by atoms with Gasteiger partial charge in [0.1, 0.15) is 13.2 Å². The van der Waals surface area contributed by atoms with E-state index in [1.807, 2.05) is 24.3 Å². The molecule has 0 aliphatic rings. The van der Waals surface area contributed by atoms with E-state index < -0.39 is 0 Å². The lowest BCUT2D eigenvalue weighted by atomic mass is 9.96. The minimum absolute atomic E-state index is 0.143. The van der Waals surface area contributed by atoms with Crippen LogP contribution in [0.1, 0.15) is 167 Å². The van der Waals surface area contributed by atoms with Crippen LogP contribution >= 0.6 is 0 Å². The zero-order valence-corrected chi connectivity index (χ0v) is 35.4. The van der Waals surface area contributed by atoms with Crippen LogP contribution in [0.15, 0.2) is 48.5 Å². The van der Waals surface area contributed by atoms with Crippen LogP contribution in [0.5, 0.6) is 0 Å². The van der Waals surface area contributed by atoms with Gasteiger partial charge in [-0.3, -0.25) is 9.59 Å². The van der Waals surface area contributed by atoms with Gasteiger partial charge in [0.15, 0.2) is 11.6 Å². The van der Waals surface area contributed by atoms with Crippen molar-refractivity contribution >= 4 is 11.6 Å². The Hall–Kier alpha value is -2.38. The SMILES string of the molecule is CCCCCCN(CCCCCC)CCCC(=O)COCc1ccccc1-c1ccccc1COCC(=O)CCCN(CCCCCC)CCCCCC. The van der Waals surface area contributed by atoms with E-state index in [9.17, 15) is 9.59 Å². The number of ether oxygens (including phenoxy) is 2. The van der Waals surface area contributed by atoms with E-state index in [1.165, 1.54) is 103 Å². The summed E-state index contributed by atoms with van der Waals surface area (Å²) in [5, 5.41) is 0. The average molecular weight is 749 g/mol. The lowest BCUT2D eigenvalue weighted by molar-refractivity contribution is -0.124. The maximum atomic E-state index is 12.8. The van der Waals surface area contributed by atoms with E-state index in [-0.39, 0.29) is 24.8 Å². The van der Waals surface area contributed by atoms with E-state index in [0.29, 0.717) is 26.1 Å². The first-order valence-corrected chi connectivity index (χ1v) is 22.3. The van der Waals surface area contributed by atoms with Crippen LogP contribution in [0, 0.1) is 0 Å². The molecule has 306 valence electrons. The van der Waals surface area contributed by atoms with Crippen LogP contribution in [0.25, 0.3) is 11.1 Å². The number of nitrogens with zero attached hydrogens (tertiary/aromatic N) is 2. The zero-order chi connectivity index (χ0) is 38.9. The third-order valence-corrected chi connectivity index (χ3v) is 10.5. The molecule has 0 N–H and O–H groups in total. The van der Waals surface area contributed by atoms with Crippen LogP contribution < -0.4 is 0 Å². The molecule has 0 aliphatic heterocycles. The van der Waals surface area contributed by atoms with Crippen LogP contribution in [0.3, 0.4) is 0 Å². The Balaban J connectivity index is 1.81. The number of ketones is 2. The van der Waals surface area contributed by atoms with Crippen molar-refractivity contribution in [1.82, 2.24) is 9.80 Å². The van der Waals surface area contributed by atoms with Gasteiger partial charge in [-0.05, 0) is 100 Å². The molecule has 6 heteroatoms. The minimum atomic E-state index is 0.143. The van der Waals surface area contributed by atoms with E-state index in [4.69, 9.17) is 9.47 Å². The van der Waals surface area contributed by atoms with Crippen LogP contribution in [0.2, 0.25) is 0 Å². The lowest BCUT2D eigenvalue weighted by Crippen LogP contribution is -2.28. The van der Waals surface area contributed by atoms with Crippen LogP contribution in [-0.2, 0) is 32.3 Å². The van der Waals surface area contributed by atoms with Crippen molar-refractivity contribution < 1.29 is 19.1 Å². The highest BCUT2D eigenvalue weighted by Crippen LogP contribution is 2.28. The summed E-state index contributed by atoms with van der Waals surface area (Å²) in [7, 11) is 0. The van der Waals surface area contributed by atoms with Gasteiger partial charge in [-0.15, -0.1) is 0 Å². The smallest absolute Gasteiger partial charge is 0.158 e. The van der Waals surface area contributed by atoms with Crippen LogP contribution in [-0.4, -0.2) is 73.8 Å². The summed E-state index contributed by atoms with van der Waals surface area (Å²) in [4.78, 5) is 30.8. The fraction of sp³-hybridized carbons (Fsp3) is 0.708. The van der Waals surface area contributed by atoms with Gasteiger partial charge in [-0.1, -0.05) is 153 Å². The highest BCUT2D eigenvalue weighted by Gasteiger charge is 2.13. The molecule has 2 aromatic carbocycles. The van der Waals surface area contributed by atoms with E-state index in [1.54, 1.807) is 0 Å². The van der Waals surface area contributed by atoms with Crippen molar-refractivity contribution in [2.24, 2.45) is 0 Å². The van der Waals surface area contributed by atoms with E-state index in [2.05, 4.69) is 61.8 Å². The number of rotatable bonds is 37. The zero-order valence-electron chi connectivity index (χ0n) is 35.4. The summed E-state index contributed by atoms with van der Waals surface area (Å²) in [5.41, 5.74) is 4.26. The first-order valence-electron chi connectivity index (χ1n) is 22.3. The van der Waals surface area contributed by atoms with Gasteiger partial charge >= 0.3 is 0 Å². The summed E-state index contributed by atoms with van der Waals surface area (Å²) in [6.45, 7) is 16.7. The maximum Gasteiger partial charge on any atom is 0.158 e. The van der Waals surface area contributed by atoms with E-state index >= 15 is 0 Å². The molecule has 0 unspecified atom stereocenters. The Kier molecular flexibility index (Phi) is 29.0. The molecule has 0 bridgehead atoms. The predicted octanol–water partition coefficient (Wildman–Crippen LogP) is 12.0. The highest BCUT2D eigenvalue weighted by molar-refractivity contribution is 5.80. The average Bonchev–Trinajstić information content (AvgIpc) is 3.18. The van der Waals surface area contributed by atoms with Gasteiger partial charge in [0.05, 0.1) is 13.2 Å². The summed E-state index contributed by atoms with van der Waals surface area (Å²) in [5.74, 6) is 0.351. The van der Waals surface area contributed by atoms with Gasteiger partial charge in [0, 0.05) is 12.8 Å². The quantitative estimate of drug-likeness (QED) is 0.0641. The van der Waals surface area contributed by atoms with Gasteiger partial charge in [-0.25, -0.2) is 0 Å². The Bertz CT molecular complexity index is 1100. The summed E-state index contributed by atoms with van der Waals surface area (Å²) < 4.78 is 12.0. The number of hydrogen-bond donors (Lipinski definition) is 0. The molecular weight excluding hydrogens is 669 g/mol. The topological polar surface area (TPSA) is 59.1 Å². The molecule has 0 aliphatic carbocycles. The normalized spacial score (nSPS) is 11.6. The number of hydrogen-bond acceptors (Lipinski definition) is 6. The van der Waals surface area contributed by atoms with Gasteiger partial charge in [0.2, 0.25) is 0 Å². The Morgan fingerprint density at radius 2 is 0.741 bits per heavy atom. The first-order chi connectivity index (χ1) is 26.5. The van der Waals surface area contributed by atoms with Crippen molar-refractivity contribution in [1.29, 1.82) is 0 Å². The second-order valence-electron chi connectivity index (χ2n) is 15.5. The number of unbranched alkanes of at least 4 members (excludes halogenated alkanes) is 12. The molecule has 0 saturated carbocycles. The third kappa shape index (κ3) is 22.9. The number of benzene rings is 2. The fourth-order valence-electron chi connectivity index (χ4n) is 7.23. The molecule has 0 atom stereocenters. The molecule has 2 rings (SSSR count). The van der Waals surface area contributed by atoms with Gasteiger partial charge < -0.3 is 19.3 Å². The molecule has 54 heavy (non-hydrogen) atoms. The molecule has 0 aromatic heterocycles.